The largest absolute Gasteiger partial charge is 0.462 e. The van der Waals surface area contributed by atoms with Gasteiger partial charge in [0.1, 0.15) is 13.2 Å². The Morgan fingerprint density at radius 2 is 0.506 bits per heavy atom. The molecule has 0 aromatic heterocycles. The first kappa shape index (κ1) is 72.8. The Balaban J connectivity index is 4.14. The van der Waals surface area contributed by atoms with Crippen LogP contribution in [0.25, 0.3) is 0 Å². The summed E-state index contributed by atoms with van der Waals surface area (Å²) in [7, 11) is 0. The molecule has 0 N–H and O–H groups in total. The molecule has 77 heavy (non-hydrogen) atoms. The van der Waals surface area contributed by atoms with Crippen LogP contribution in [0.2, 0.25) is 0 Å². The maximum atomic E-state index is 12.8. The lowest BCUT2D eigenvalue weighted by Gasteiger charge is -2.18. The van der Waals surface area contributed by atoms with Crippen LogP contribution in [0.3, 0.4) is 0 Å². The lowest BCUT2D eigenvalue weighted by Crippen LogP contribution is -2.30. The molecule has 0 fully saturated rings. The van der Waals surface area contributed by atoms with E-state index >= 15 is 0 Å². The normalized spacial score (nSPS) is 12.9. The van der Waals surface area contributed by atoms with Gasteiger partial charge in [0.15, 0.2) is 6.10 Å². The van der Waals surface area contributed by atoms with Gasteiger partial charge < -0.3 is 14.2 Å². The molecule has 0 radical (unpaired) electrons. The lowest BCUT2D eigenvalue weighted by atomic mass is 10.1. The third kappa shape index (κ3) is 62.5. The van der Waals surface area contributed by atoms with Crippen molar-refractivity contribution in [1.82, 2.24) is 0 Å². The van der Waals surface area contributed by atoms with E-state index in [1.807, 2.05) is 0 Å². The Hall–Kier alpha value is -4.19. The van der Waals surface area contributed by atoms with E-state index in [4.69, 9.17) is 14.2 Å². The predicted molar refractivity (Wildman–Crippen MR) is 334 cm³/mol. The second-order valence-electron chi connectivity index (χ2n) is 20.9. The molecule has 0 aliphatic heterocycles. The SMILES string of the molecule is CC/C=C\C/C=C\C/C=C\C/C=C\C/C=C\C/C=C\C/C=C\C/C=C\CCCCCCCCCCCCC(=O)OCC(COC(=O)CCCCCCCCCC)OC(=O)CCCCCCC/C=C\C/C=C\CCCCCC. The summed E-state index contributed by atoms with van der Waals surface area (Å²) in [5.74, 6) is -0.904. The average Bonchev–Trinajstić information content (AvgIpc) is 3.43. The smallest absolute Gasteiger partial charge is 0.306 e. The quantitative estimate of drug-likeness (QED) is 0.0261. The predicted octanol–water partition coefficient (Wildman–Crippen LogP) is 22.0. The molecule has 0 saturated carbocycles. The van der Waals surface area contributed by atoms with Crippen LogP contribution in [0, 0.1) is 0 Å². The third-order valence-electron chi connectivity index (χ3n) is 13.5. The van der Waals surface area contributed by atoms with Crippen molar-refractivity contribution in [3.05, 3.63) is 122 Å². The van der Waals surface area contributed by atoms with E-state index in [9.17, 15) is 14.4 Å². The molecule has 0 aromatic carbocycles. The number of carbonyl (C=O) groups excluding carboxylic acids is 3. The maximum Gasteiger partial charge on any atom is 0.306 e. The number of ether oxygens (including phenoxy) is 3. The Bertz CT molecular complexity index is 1600. The van der Waals surface area contributed by atoms with Gasteiger partial charge in [-0.1, -0.05) is 277 Å². The second-order valence-corrected chi connectivity index (χ2v) is 20.9. The molecule has 6 nitrogen and oxygen atoms in total. The Morgan fingerprint density at radius 3 is 0.805 bits per heavy atom. The number of hydrogen-bond donors (Lipinski definition) is 0. The molecule has 0 amide bonds. The molecule has 0 aromatic rings. The van der Waals surface area contributed by atoms with Crippen molar-refractivity contribution < 1.29 is 28.6 Å². The van der Waals surface area contributed by atoms with Gasteiger partial charge in [-0.2, -0.15) is 0 Å². The van der Waals surface area contributed by atoms with Gasteiger partial charge >= 0.3 is 17.9 Å². The molecule has 0 saturated heterocycles. The molecule has 0 heterocycles. The van der Waals surface area contributed by atoms with E-state index in [-0.39, 0.29) is 31.1 Å². The van der Waals surface area contributed by atoms with Crippen LogP contribution < -0.4 is 0 Å². The first-order valence-electron chi connectivity index (χ1n) is 32.0. The van der Waals surface area contributed by atoms with Gasteiger partial charge in [0, 0.05) is 19.3 Å². The highest BCUT2D eigenvalue weighted by Gasteiger charge is 2.19. The minimum Gasteiger partial charge on any atom is -0.462 e. The maximum absolute atomic E-state index is 12.8. The zero-order valence-corrected chi connectivity index (χ0v) is 50.2. The van der Waals surface area contributed by atoms with Crippen LogP contribution in [-0.2, 0) is 28.6 Å². The molecule has 6 heteroatoms. The van der Waals surface area contributed by atoms with Crippen LogP contribution in [-0.4, -0.2) is 37.2 Å². The van der Waals surface area contributed by atoms with Crippen molar-refractivity contribution in [3.63, 3.8) is 0 Å². The summed E-state index contributed by atoms with van der Waals surface area (Å²) < 4.78 is 16.8. The van der Waals surface area contributed by atoms with Crippen molar-refractivity contribution in [1.29, 1.82) is 0 Å². The minimum absolute atomic E-state index is 0.0840. The Morgan fingerprint density at radius 1 is 0.273 bits per heavy atom. The monoisotopic (exact) mass is 1070 g/mol. The molecular weight excluding hydrogens is 949 g/mol. The van der Waals surface area contributed by atoms with Gasteiger partial charge in [-0.25, -0.2) is 0 Å². The standard InChI is InChI=1S/C71H118O6/c1-4-7-10-13-16-19-21-23-25-27-28-29-30-31-32-33-34-35-36-37-38-39-40-41-42-43-44-45-47-48-50-52-55-58-61-64-70(73)76-67-68(66-75-69(72)63-60-57-54-18-15-12-9-6-3)77-71(74)65-62-59-56-53-51-49-46-26-24-22-20-17-14-11-8-5-2/h7,10,16,19-20,22-23,25-26,28-29,31-32,34-35,37-38,40-41,46,68H,4-6,8-9,11-15,17-18,21,24,27,30,33,36,39,42-45,47-67H2,1-3H3/b10-7-,19-16-,22-20-,25-23-,29-28-,32-31-,35-34-,38-37-,41-40-,46-26-. The van der Waals surface area contributed by atoms with E-state index in [2.05, 4.69) is 142 Å². The number of esters is 3. The highest BCUT2D eigenvalue weighted by Crippen LogP contribution is 2.15. The van der Waals surface area contributed by atoms with E-state index in [0.717, 1.165) is 135 Å². The van der Waals surface area contributed by atoms with Crippen molar-refractivity contribution >= 4 is 17.9 Å². The number of carbonyl (C=O) groups is 3. The molecule has 1 atom stereocenters. The van der Waals surface area contributed by atoms with Crippen molar-refractivity contribution in [2.24, 2.45) is 0 Å². The Labute approximate surface area is 475 Å². The molecule has 0 spiro atoms. The molecule has 1 unspecified atom stereocenters. The number of unbranched alkanes of at least 4 members (excludes halogenated alkanes) is 26. The molecule has 0 rings (SSSR count). The lowest BCUT2D eigenvalue weighted by molar-refractivity contribution is -0.167. The fraction of sp³-hybridized carbons (Fsp3) is 0.676. The van der Waals surface area contributed by atoms with E-state index in [0.29, 0.717) is 19.3 Å². The van der Waals surface area contributed by atoms with Crippen LogP contribution in [0.1, 0.15) is 290 Å². The van der Waals surface area contributed by atoms with Crippen LogP contribution in [0.4, 0.5) is 0 Å². The van der Waals surface area contributed by atoms with Crippen molar-refractivity contribution in [3.8, 4) is 0 Å². The van der Waals surface area contributed by atoms with Crippen LogP contribution >= 0.6 is 0 Å². The van der Waals surface area contributed by atoms with Crippen molar-refractivity contribution in [2.45, 2.75) is 297 Å². The van der Waals surface area contributed by atoms with Crippen LogP contribution in [0.5, 0.6) is 0 Å². The second kappa shape index (κ2) is 64.3. The summed E-state index contributed by atoms with van der Waals surface area (Å²) in [4.78, 5) is 38.1. The molecule has 0 aliphatic rings. The summed E-state index contributed by atoms with van der Waals surface area (Å²) in [6, 6.07) is 0. The molecule has 438 valence electrons. The third-order valence-corrected chi connectivity index (χ3v) is 13.5. The highest BCUT2D eigenvalue weighted by molar-refractivity contribution is 5.71. The summed E-state index contributed by atoms with van der Waals surface area (Å²) in [5.41, 5.74) is 0. The zero-order chi connectivity index (χ0) is 55.7. The summed E-state index contributed by atoms with van der Waals surface area (Å²) in [5, 5.41) is 0. The van der Waals surface area contributed by atoms with Gasteiger partial charge in [0.05, 0.1) is 0 Å². The van der Waals surface area contributed by atoms with Gasteiger partial charge in [-0.3, -0.25) is 14.4 Å². The number of hydrogen-bond acceptors (Lipinski definition) is 6. The fourth-order valence-electron chi connectivity index (χ4n) is 8.67. The van der Waals surface area contributed by atoms with Gasteiger partial charge in [-0.15, -0.1) is 0 Å². The Kier molecular flexibility index (Phi) is 60.8. The van der Waals surface area contributed by atoms with Crippen molar-refractivity contribution in [2.75, 3.05) is 13.2 Å². The molecule has 0 aliphatic carbocycles. The fourth-order valence-corrected chi connectivity index (χ4v) is 8.67. The van der Waals surface area contributed by atoms with E-state index < -0.39 is 6.10 Å². The first-order valence-corrected chi connectivity index (χ1v) is 32.0. The highest BCUT2D eigenvalue weighted by atomic mass is 16.6. The van der Waals surface area contributed by atoms with Gasteiger partial charge in [0.2, 0.25) is 0 Å². The van der Waals surface area contributed by atoms with E-state index in [1.54, 1.807) is 0 Å². The van der Waals surface area contributed by atoms with E-state index in [1.165, 1.54) is 116 Å². The molecular formula is C71H118O6. The summed E-state index contributed by atoms with van der Waals surface area (Å²) >= 11 is 0. The summed E-state index contributed by atoms with van der Waals surface area (Å²) in [6.45, 7) is 6.47. The van der Waals surface area contributed by atoms with Crippen LogP contribution in [0.15, 0.2) is 122 Å². The zero-order valence-electron chi connectivity index (χ0n) is 50.2. The number of allylic oxidation sites excluding steroid dienone is 20. The average molecular weight is 1070 g/mol. The minimum atomic E-state index is -0.786. The molecule has 0 bridgehead atoms. The topological polar surface area (TPSA) is 78.9 Å². The first-order chi connectivity index (χ1) is 38.0. The van der Waals surface area contributed by atoms with Gasteiger partial charge in [-0.05, 0) is 116 Å². The number of rotatable bonds is 57. The van der Waals surface area contributed by atoms with Gasteiger partial charge in [0.25, 0.3) is 0 Å². The summed E-state index contributed by atoms with van der Waals surface area (Å²) in [6.07, 6.45) is 89.4.